The van der Waals surface area contributed by atoms with Gasteiger partial charge in [0.25, 0.3) is 0 Å². The van der Waals surface area contributed by atoms with Gasteiger partial charge in [-0.15, -0.1) is 0 Å². The van der Waals surface area contributed by atoms with Crippen LogP contribution in [0.25, 0.3) is 11.3 Å². The third-order valence-electron chi connectivity index (χ3n) is 7.24. The fraction of sp³-hybridized carbons (Fsp3) is 0.433. The van der Waals surface area contributed by atoms with Crippen molar-refractivity contribution in [3.05, 3.63) is 88.1 Å². The van der Waals surface area contributed by atoms with E-state index in [9.17, 15) is 0 Å². The van der Waals surface area contributed by atoms with Gasteiger partial charge < -0.3 is 0 Å². The van der Waals surface area contributed by atoms with Crippen LogP contribution in [0.4, 0.5) is 0 Å². The van der Waals surface area contributed by atoms with Gasteiger partial charge in [0.1, 0.15) is 0 Å². The number of pyridine rings is 1. The molecule has 4 rings (SSSR count). The second kappa shape index (κ2) is 10.4. The average Bonchev–Trinajstić information content (AvgIpc) is 3.35. The zero-order valence-corrected chi connectivity index (χ0v) is 20.3. The first-order valence-corrected chi connectivity index (χ1v) is 12.5. The lowest BCUT2D eigenvalue weighted by Crippen LogP contribution is -2.33. The van der Waals surface area contributed by atoms with Crippen LogP contribution < -0.4 is 0 Å². The van der Waals surface area contributed by atoms with Crippen molar-refractivity contribution in [2.45, 2.75) is 85.4 Å². The van der Waals surface area contributed by atoms with Crippen molar-refractivity contribution in [2.24, 2.45) is 0 Å². The summed E-state index contributed by atoms with van der Waals surface area (Å²) in [6.45, 7) is 11.0. The molecule has 0 bridgehead atoms. The monoisotopic (exact) mass is 426 g/mol. The summed E-state index contributed by atoms with van der Waals surface area (Å²) >= 11 is 0. The molecule has 1 aliphatic carbocycles. The lowest BCUT2D eigenvalue weighted by atomic mass is 9.93. The van der Waals surface area contributed by atoms with E-state index in [0.29, 0.717) is 6.04 Å². The van der Waals surface area contributed by atoms with E-state index < -0.39 is 0 Å². The summed E-state index contributed by atoms with van der Waals surface area (Å²) in [5.74, 6) is 0. The normalized spacial score (nSPS) is 14.4. The van der Waals surface area contributed by atoms with E-state index in [-0.39, 0.29) is 0 Å². The van der Waals surface area contributed by atoms with Gasteiger partial charge in [0.2, 0.25) is 0 Å². The maximum absolute atomic E-state index is 5.18. The molecule has 168 valence electrons. The molecule has 0 spiro atoms. The molecule has 32 heavy (non-hydrogen) atoms. The van der Waals surface area contributed by atoms with Gasteiger partial charge in [-0.1, -0.05) is 75.2 Å². The molecular formula is C30H38N2. The molecule has 1 heterocycles. The smallest absolute Gasteiger partial charge is 0.0713 e. The lowest BCUT2D eigenvalue weighted by Gasteiger charge is -2.30. The first-order valence-electron chi connectivity index (χ1n) is 12.5. The van der Waals surface area contributed by atoms with Gasteiger partial charge >= 0.3 is 0 Å². The highest BCUT2D eigenvalue weighted by Gasteiger charge is 2.24. The van der Waals surface area contributed by atoms with E-state index in [2.05, 4.69) is 87.2 Å². The lowest BCUT2D eigenvalue weighted by molar-refractivity contribution is 0.179. The summed E-state index contributed by atoms with van der Waals surface area (Å²) in [6, 6.07) is 20.7. The molecule has 1 aromatic heterocycles. The Kier molecular flexibility index (Phi) is 7.42. The molecule has 2 nitrogen and oxygen atoms in total. The largest absolute Gasteiger partial charge is 0.292 e. The summed E-state index contributed by atoms with van der Waals surface area (Å²) in [5, 5.41) is 0. The first kappa shape index (κ1) is 22.7. The van der Waals surface area contributed by atoms with Crippen molar-refractivity contribution in [3.63, 3.8) is 0 Å². The molecular weight excluding hydrogens is 388 g/mol. The number of aromatic nitrogens is 1. The van der Waals surface area contributed by atoms with Crippen molar-refractivity contribution in [3.8, 4) is 11.3 Å². The third kappa shape index (κ3) is 4.96. The maximum Gasteiger partial charge on any atom is 0.0713 e. The summed E-state index contributed by atoms with van der Waals surface area (Å²) in [4.78, 5) is 7.89. The number of aryl methyl sites for hydroxylation is 4. The SMILES string of the molecule is CCc1cccc(CC)c1-c1cc(C)c(CN(Cc2ccccc2)C2CCCC2)c(C)n1. The van der Waals surface area contributed by atoms with E-state index in [4.69, 9.17) is 4.98 Å². The van der Waals surface area contributed by atoms with Gasteiger partial charge in [-0.05, 0) is 73.4 Å². The molecule has 0 unspecified atom stereocenters. The van der Waals surface area contributed by atoms with E-state index in [1.54, 1.807) is 0 Å². The predicted molar refractivity (Wildman–Crippen MR) is 136 cm³/mol. The molecule has 2 heteroatoms. The van der Waals surface area contributed by atoms with Gasteiger partial charge in [-0.2, -0.15) is 0 Å². The molecule has 2 aromatic carbocycles. The summed E-state index contributed by atoms with van der Waals surface area (Å²) in [5.41, 5.74) is 10.7. The Morgan fingerprint density at radius 1 is 0.844 bits per heavy atom. The Morgan fingerprint density at radius 2 is 1.50 bits per heavy atom. The Balaban J connectivity index is 1.67. The third-order valence-corrected chi connectivity index (χ3v) is 7.24. The van der Waals surface area contributed by atoms with Crippen molar-refractivity contribution in [1.82, 2.24) is 9.88 Å². The summed E-state index contributed by atoms with van der Waals surface area (Å²) in [7, 11) is 0. The van der Waals surface area contributed by atoms with Crippen LogP contribution in [0.15, 0.2) is 54.6 Å². The molecule has 0 radical (unpaired) electrons. The molecule has 0 N–H and O–H groups in total. The Morgan fingerprint density at radius 3 is 2.09 bits per heavy atom. The van der Waals surface area contributed by atoms with E-state index in [0.717, 1.165) is 31.6 Å². The van der Waals surface area contributed by atoms with Crippen LogP contribution in [-0.2, 0) is 25.9 Å². The fourth-order valence-corrected chi connectivity index (χ4v) is 5.40. The summed E-state index contributed by atoms with van der Waals surface area (Å²) < 4.78 is 0. The molecule has 0 saturated heterocycles. The van der Waals surface area contributed by atoms with E-state index in [1.165, 1.54) is 64.8 Å². The molecule has 3 aromatic rings. The molecule has 0 atom stereocenters. The molecule has 0 amide bonds. The van der Waals surface area contributed by atoms with Gasteiger partial charge in [0, 0.05) is 30.4 Å². The minimum Gasteiger partial charge on any atom is -0.292 e. The molecule has 1 fully saturated rings. The number of nitrogens with zero attached hydrogens (tertiary/aromatic N) is 2. The second-order valence-electron chi connectivity index (χ2n) is 9.38. The Bertz CT molecular complexity index is 987. The van der Waals surface area contributed by atoms with Gasteiger partial charge in [-0.3, -0.25) is 9.88 Å². The highest BCUT2D eigenvalue weighted by molar-refractivity contribution is 5.69. The predicted octanol–water partition coefficient (Wildman–Crippen LogP) is 7.44. The quantitative estimate of drug-likeness (QED) is 0.372. The van der Waals surface area contributed by atoms with Crippen LogP contribution >= 0.6 is 0 Å². The number of benzene rings is 2. The van der Waals surface area contributed by atoms with Crippen LogP contribution in [0.5, 0.6) is 0 Å². The van der Waals surface area contributed by atoms with Crippen molar-refractivity contribution < 1.29 is 0 Å². The first-order chi connectivity index (χ1) is 15.6. The Labute approximate surface area is 194 Å². The van der Waals surface area contributed by atoms with Crippen LogP contribution in [0.2, 0.25) is 0 Å². The van der Waals surface area contributed by atoms with Gasteiger partial charge in [0.15, 0.2) is 0 Å². The van der Waals surface area contributed by atoms with Crippen LogP contribution in [0.3, 0.4) is 0 Å². The minimum atomic E-state index is 0.682. The van der Waals surface area contributed by atoms with Crippen molar-refractivity contribution >= 4 is 0 Å². The van der Waals surface area contributed by atoms with Gasteiger partial charge in [-0.25, -0.2) is 0 Å². The minimum absolute atomic E-state index is 0.682. The highest BCUT2D eigenvalue weighted by Crippen LogP contribution is 2.32. The molecule has 1 saturated carbocycles. The number of hydrogen-bond donors (Lipinski definition) is 0. The van der Waals surface area contributed by atoms with E-state index >= 15 is 0 Å². The zero-order chi connectivity index (χ0) is 22.5. The van der Waals surface area contributed by atoms with E-state index in [1.807, 2.05) is 0 Å². The number of hydrogen-bond acceptors (Lipinski definition) is 2. The standard InChI is InChI=1S/C30H38N2/c1-5-25-15-12-16-26(6-2)30(25)29-19-22(3)28(23(4)31-29)21-32(27-17-10-11-18-27)20-24-13-8-7-9-14-24/h7-9,12-16,19,27H,5-6,10-11,17-18,20-21H2,1-4H3. The fourth-order valence-electron chi connectivity index (χ4n) is 5.40. The highest BCUT2D eigenvalue weighted by atomic mass is 15.2. The molecule has 0 aliphatic heterocycles. The Hall–Kier alpha value is -2.45. The topological polar surface area (TPSA) is 16.1 Å². The molecule has 1 aliphatic rings. The second-order valence-corrected chi connectivity index (χ2v) is 9.38. The van der Waals surface area contributed by atoms with Crippen LogP contribution in [0.1, 0.15) is 73.0 Å². The van der Waals surface area contributed by atoms with Gasteiger partial charge in [0.05, 0.1) is 5.69 Å². The maximum atomic E-state index is 5.18. The zero-order valence-electron chi connectivity index (χ0n) is 20.3. The van der Waals surface area contributed by atoms with Crippen LogP contribution in [-0.4, -0.2) is 15.9 Å². The van der Waals surface area contributed by atoms with Crippen molar-refractivity contribution in [2.75, 3.05) is 0 Å². The number of rotatable bonds is 8. The van der Waals surface area contributed by atoms with Crippen LogP contribution in [0, 0.1) is 13.8 Å². The summed E-state index contributed by atoms with van der Waals surface area (Å²) in [6.07, 6.45) is 7.44. The van der Waals surface area contributed by atoms with Crippen molar-refractivity contribution in [1.29, 1.82) is 0 Å². The average molecular weight is 427 g/mol.